The molecule has 0 saturated carbocycles. The van der Waals surface area contributed by atoms with Crippen LogP contribution in [-0.4, -0.2) is 5.91 Å². The third-order valence-electron chi connectivity index (χ3n) is 3.11. The van der Waals surface area contributed by atoms with Gasteiger partial charge < -0.3 is 5.32 Å². The summed E-state index contributed by atoms with van der Waals surface area (Å²) >= 11 is 0. The van der Waals surface area contributed by atoms with Gasteiger partial charge in [-0.25, -0.2) is 0 Å². The lowest BCUT2D eigenvalue weighted by atomic mass is 10.1. The maximum atomic E-state index is 11.9. The van der Waals surface area contributed by atoms with Crippen LogP contribution in [-0.2, 0) is 4.79 Å². The van der Waals surface area contributed by atoms with Gasteiger partial charge in [-0.3, -0.25) is 4.79 Å². The molecule has 0 heterocycles. The predicted molar refractivity (Wildman–Crippen MR) is 83.4 cm³/mol. The molecule has 1 unspecified atom stereocenters. The van der Waals surface area contributed by atoms with E-state index in [1.54, 1.807) is 0 Å². The number of nitrogens with one attached hydrogen (secondary N) is 1. The van der Waals surface area contributed by atoms with E-state index in [9.17, 15) is 4.79 Å². The zero-order chi connectivity index (χ0) is 14.3. The Bertz CT molecular complexity index is 528. The van der Waals surface area contributed by atoms with Crippen molar-refractivity contribution in [2.24, 2.45) is 5.92 Å². The van der Waals surface area contributed by atoms with Gasteiger partial charge in [0.1, 0.15) is 0 Å². The fourth-order valence-corrected chi connectivity index (χ4v) is 1.78. The van der Waals surface area contributed by atoms with E-state index in [0.717, 1.165) is 22.9 Å². The summed E-state index contributed by atoms with van der Waals surface area (Å²) < 4.78 is 0. The molecular weight excluding hydrogens is 234 g/mol. The van der Waals surface area contributed by atoms with Gasteiger partial charge in [-0.05, 0) is 17.9 Å². The highest BCUT2D eigenvalue weighted by atomic mass is 16.1. The lowest BCUT2D eigenvalue weighted by Crippen LogP contribution is -2.19. The molecule has 0 aliphatic heterocycles. The molecule has 102 valence electrons. The molecule has 0 saturated heterocycles. The van der Waals surface area contributed by atoms with Crippen molar-refractivity contribution in [1.29, 1.82) is 0 Å². The van der Waals surface area contributed by atoms with Crippen LogP contribution in [0.15, 0.2) is 42.5 Å². The van der Waals surface area contributed by atoms with Gasteiger partial charge in [-0.2, -0.15) is 0 Å². The molecule has 0 spiro atoms. The van der Waals surface area contributed by atoms with Crippen LogP contribution in [0.3, 0.4) is 0 Å². The molecule has 0 bridgehead atoms. The Balaban J connectivity index is 0.000000861. The lowest BCUT2D eigenvalue weighted by Gasteiger charge is -2.12. The highest BCUT2D eigenvalue weighted by Gasteiger charge is 2.11. The standard InChI is InChI=1S/C15H17NO.C2H6/c1-3-11(2)15(17)16-14-10-6-8-12-7-4-5-9-13(12)14;1-2/h4-11H,3H2,1-2H3,(H,16,17);1-2H3. The van der Waals surface area contributed by atoms with Crippen molar-refractivity contribution in [2.75, 3.05) is 5.32 Å². The zero-order valence-corrected chi connectivity index (χ0v) is 12.2. The number of carbonyl (C=O) groups is 1. The van der Waals surface area contributed by atoms with Crippen molar-refractivity contribution in [2.45, 2.75) is 34.1 Å². The molecule has 2 nitrogen and oxygen atoms in total. The van der Waals surface area contributed by atoms with E-state index in [1.165, 1.54) is 0 Å². The second-order valence-corrected chi connectivity index (χ2v) is 4.33. The Morgan fingerprint density at radius 1 is 1.11 bits per heavy atom. The van der Waals surface area contributed by atoms with Crippen molar-refractivity contribution >= 4 is 22.4 Å². The van der Waals surface area contributed by atoms with Gasteiger partial charge in [0.15, 0.2) is 0 Å². The van der Waals surface area contributed by atoms with Crippen LogP contribution in [0.5, 0.6) is 0 Å². The highest BCUT2D eigenvalue weighted by molar-refractivity contribution is 6.02. The first-order valence-corrected chi connectivity index (χ1v) is 7.01. The Labute approximate surface area is 115 Å². The molecule has 2 heteroatoms. The van der Waals surface area contributed by atoms with E-state index in [2.05, 4.69) is 5.32 Å². The first-order chi connectivity index (χ1) is 9.22. The molecule has 1 amide bonds. The molecule has 1 N–H and O–H groups in total. The van der Waals surface area contributed by atoms with Gasteiger partial charge in [-0.15, -0.1) is 0 Å². The van der Waals surface area contributed by atoms with Gasteiger partial charge in [0.05, 0.1) is 0 Å². The van der Waals surface area contributed by atoms with Crippen molar-refractivity contribution < 1.29 is 4.79 Å². The monoisotopic (exact) mass is 257 g/mol. The van der Waals surface area contributed by atoms with Crippen LogP contribution in [0, 0.1) is 5.92 Å². The fourth-order valence-electron chi connectivity index (χ4n) is 1.78. The molecule has 0 aromatic heterocycles. The Kier molecular flexibility index (Phi) is 6.07. The van der Waals surface area contributed by atoms with E-state index < -0.39 is 0 Å². The van der Waals surface area contributed by atoms with Gasteiger partial charge in [0.2, 0.25) is 5.91 Å². The van der Waals surface area contributed by atoms with Crippen molar-refractivity contribution in [3.63, 3.8) is 0 Å². The van der Waals surface area contributed by atoms with E-state index in [0.29, 0.717) is 0 Å². The third-order valence-corrected chi connectivity index (χ3v) is 3.11. The predicted octanol–water partition coefficient (Wildman–Crippen LogP) is 4.85. The first kappa shape index (κ1) is 15.2. The SMILES string of the molecule is CC.CCC(C)C(=O)Nc1cccc2ccccc12. The average Bonchev–Trinajstić information content (AvgIpc) is 2.48. The summed E-state index contributed by atoms with van der Waals surface area (Å²) in [7, 11) is 0. The summed E-state index contributed by atoms with van der Waals surface area (Å²) in [5, 5.41) is 5.23. The summed E-state index contributed by atoms with van der Waals surface area (Å²) in [6.07, 6.45) is 0.858. The molecule has 2 aromatic carbocycles. The highest BCUT2D eigenvalue weighted by Crippen LogP contribution is 2.23. The van der Waals surface area contributed by atoms with E-state index in [-0.39, 0.29) is 11.8 Å². The van der Waals surface area contributed by atoms with Crippen LogP contribution in [0.4, 0.5) is 5.69 Å². The van der Waals surface area contributed by atoms with Gasteiger partial charge in [0.25, 0.3) is 0 Å². The minimum Gasteiger partial charge on any atom is -0.325 e. The van der Waals surface area contributed by atoms with Gasteiger partial charge in [-0.1, -0.05) is 64.1 Å². The molecule has 1 atom stereocenters. The van der Waals surface area contributed by atoms with E-state index in [4.69, 9.17) is 0 Å². The normalized spacial score (nSPS) is 11.4. The first-order valence-electron chi connectivity index (χ1n) is 7.01. The summed E-state index contributed by atoms with van der Waals surface area (Å²) in [6.45, 7) is 7.97. The summed E-state index contributed by atoms with van der Waals surface area (Å²) in [4.78, 5) is 11.9. The number of carbonyl (C=O) groups excluding carboxylic acids is 1. The largest absolute Gasteiger partial charge is 0.325 e. The molecule has 0 radical (unpaired) electrons. The number of hydrogen-bond acceptors (Lipinski definition) is 1. The van der Waals surface area contributed by atoms with E-state index in [1.807, 2.05) is 70.2 Å². The second-order valence-electron chi connectivity index (χ2n) is 4.33. The van der Waals surface area contributed by atoms with Crippen molar-refractivity contribution in [3.8, 4) is 0 Å². The summed E-state index contributed by atoms with van der Waals surface area (Å²) in [6, 6.07) is 14.0. The van der Waals surface area contributed by atoms with Gasteiger partial charge in [0, 0.05) is 17.0 Å². The average molecular weight is 257 g/mol. The number of fused-ring (bicyclic) bond motifs is 1. The lowest BCUT2D eigenvalue weighted by molar-refractivity contribution is -0.119. The maximum absolute atomic E-state index is 11.9. The third kappa shape index (κ3) is 3.82. The number of amides is 1. The van der Waals surface area contributed by atoms with Crippen LogP contribution >= 0.6 is 0 Å². The zero-order valence-electron chi connectivity index (χ0n) is 12.2. The Morgan fingerprint density at radius 2 is 1.74 bits per heavy atom. The van der Waals surface area contributed by atoms with E-state index >= 15 is 0 Å². The Morgan fingerprint density at radius 3 is 2.42 bits per heavy atom. The van der Waals surface area contributed by atoms with Crippen LogP contribution < -0.4 is 5.32 Å². The molecule has 0 aliphatic carbocycles. The van der Waals surface area contributed by atoms with Gasteiger partial charge >= 0.3 is 0 Å². The Hall–Kier alpha value is -1.83. The summed E-state index contributed by atoms with van der Waals surface area (Å²) in [5.41, 5.74) is 0.897. The number of hydrogen-bond donors (Lipinski definition) is 1. The molecule has 0 fully saturated rings. The summed E-state index contributed by atoms with van der Waals surface area (Å²) in [5.74, 6) is 0.137. The maximum Gasteiger partial charge on any atom is 0.227 e. The number of benzene rings is 2. The van der Waals surface area contributed by atoms with Crippen molar-refractivity contribution in [3.05, 3.63) is 42.5 Å². The van der Waals surface area contributed by atoms with Crippen LogP contribution in [0.25, 0.3) is 10.8 Å². The number of rotatable bonds is 3. The smallest absolute Gasteiger partial charge is 0.227 e. The second kappa shape index (κ2) is 7.57. The molecule has 19 heavy (non-hydrogen) atoms. The minimum absolute atomic E-state index is 0.0500. The minimum atomic E-state index is 0.0500. The van der Waals surface area contributed by atoms with Crippen molar-refractivity contribution in [1.82, 2.24) is 0 Å². The molecule has 2 rings (SSSR count). The molecule has 0 aliphatic rings. The quantitative estimate of drug-likeness (QED) is 0.836. The molecule has 2 aromatic rings. The molecular formula is C17H23NO. The fraction of sp³-hybridized carbons (Fsp3) is 0.353. The van der Waals surface area contributed by atoms with Crippen LogP contribution in [0.1, 0.15) is 34.1 Å². The number of anilines is 1. The van der Waals surface area contributed by atoms with Crippen LogP contribution in [0.2, 0.25) is 0 Å². The topological polar surface area (TPSA) is 29.1 Å².